The lowest BCUT2D eigenvalue weighted by Gasteiger charge is -2.26. The maximum absolute atomic E-state index is 14.2. The van der Waals surface area contributed by atoms with Crippen molar-refractivity contribution in [3.63, 3.8) is 0 Å². The fourth-order valence-corrected chi connectivity index (χ4v) is 3.28. The number of halogens is 1. The molecule has 1 unspecified atom stereocenters. The number of hydrogen-bond acceptors (Lipinski definition) is 2. The van der Waals surface area contributed by atoms with Gasteiger partial charge >= 0.3 is 0 Å². The summed E-state index contributed by atoms with van der Waals surface area (Å²) in [4.78, 5) is 2.30. The highest BCUT2D eigenvalue weighted by Crippen LogP contribution is 2.40. The van der Waals surface area contributed by atoms with Crippen molar-refractivity contribution in [3.8, 4) is 0 Å². The molecule has 3 heteroatoms. The molecule has 1 aromatic carbocycles. The smallest absolute Gasteiger partial charge is 0.129 e. The monoisotopic (exact) mass is 249 g/mol. The lowest BCUT2D eigenvalue weighted by molar-refractivity contribution is 0.0410. The number of benzene rings is 1. The molecule has 1 aromatic rings. The van der Waals surface area contributed by atoms with Gasteiger partial charge < -0.3 is 5.11 Å². The molecule has 0 amide bonds. The molecule has 2 aliphatic rings. The van der Waals surface area contributed by atoms with Crippen molar-refractivity contribution in [3.05, 3.63) is 34.6 Å². The molecule has 0 aromatic heterocycles. The van der Waals surface area contributed by atoms with Crippen molar-refractivity contribution in [1.82, 2.24) is 4.90 Å². The average Bonchev–Trinajstić information content (AvgIpc) is 3.01. The molecule has 1 N–H and O–H groups in total. The number of rotatable bonds is 2. The molecule has 0 radical (unpaired) electrons. The van der Waals surface area contributed by atoms with Crippen LogP contribution >= 0.6 is 0 Å². The summed E-state index contributed by atoms with van der Waals surface area (Å²) >= 11 is 0. The third-order valence-electron chi connectivity index (χ3n) is 4.24. The molecule has 1 saturated carbocycles. The normalized spacial score (nSPS) is 28.9. The van der Waals surface area contributed by atoms with Gasteiger partial charge in [0.15, 0.2) is 0 Å². The quantitative estimate of drug-likeness (QED) is 0.870. The Morgan fingerprint density at radius 2 is 2.06 bits per heavy atom. The van der Waals surface area contributed by atoms with Crippen LogP contribution in [0, 0.1) is 19.7 Å². The minimum Gasteiger partial charge on any atom is -0.384 e. The van der Waals surface area contributed by atoms with Gasteiger partial charge in [-0.05, 0) is 50.3 Å². The molecule has 1 atom stereocenters. The molecule has 2 fully saturated rings. The Kier molecular flexibility index (Phi) is 2.72. The highest BCUT2D eigenvalue weighted by Gasteiger charge is 2.44. The third kappa shape index (κ3) is 1.95. The standard InChI is InChI=1S/C15H20FNO/c1-10-7-11(2)14(13(16)8-10)15(18)5-6-17(9-15)12-3-4-12/h7-8,12,18H,3-6,9H2,1-2H3. The van der Waals surface area contributed by atoms with Gasteiger partial charge in [0, 0.05) is 24.7 Å². The van der Waals surface area contributed by atoms with Gasteiger partial charge in [-0.2, -0.15) is 0 Å². The highest BCUT2D eigenvalue weighted by molar-refractivity contribution is 5.37. The van der Waals surface area contributed by atoms with Crippen molar-refractivity contribution >= 4 is 0 Å². The van der Waals surface area contributed by atoms with Gasteiger partial charge in [-0.1, -0.05) is 6.07 Å². The van der Waals surface area contributed by atoms with E-state index in [1.165, 1.54) is 18.9 Å². The Labute approximate surface area is 107 Å². The molecular formula is C15H20FNO. The number of likely N-dealkylation sites (tertiary alicyclic amines) is 1. The van der Waals surface area contributed by atoms with Crippen LogP contribution < -0.4 is 0 Å². The van der Waals surface area contributed by atoms with Crippen LogP contribution in [0.1, 0.15) is 36.0 Å². The first-order valence-corrected chi connectivity index (χ1v) is 6.73. The zero-order chi connectivity index (χ0) is 12.9. The molecule has 1 aliphatic heterocycles. The fraction of sp³-hybridized carbons (Fsp3) is 0.600. The van der Waals surface area contributed by atoms with E-state index in [0.717, 1.165) is 17.7 Å². The number of nitrogens with zero attached hydrogens (tertiary/aromatic N) is 1. The van der Waals surface area contributed by atoms with E-state index in [4.69, 9.17) is 0 Å². The zero-order valence-corrected chi connectivity index (χ0v) is 11.0. The topological polar surface area (TPSA) is 23.5 Å². The third-order valence-corrected chi connectivity index (χ3v) is 4.24. The van der Waals surface area contributed by atoms with E-state index in [-0.39, 0.29) is 5.82 Å². The van der Waals surface area contributed by atoms with E-state index in [9.17, 15) is 9.50 Å². The number of β-amino-alcohol motifs (C(OH)–C–C–N with tert-alkyl or cyclic N) is 1. The molecule has 2 nitrogen and oxygen atoms in total. The van der Waals surface area contributed by atoms with Crippen molar-refractivity contribution < 1.29 is 9.50 Å². The van der Waals surface area contributed by atoms with Crippen LogP contribution in [0.2, 0.25) is 0 Å². The summed E-state index contributed by atoms with van der Waals surface area (Å²) in [6, 6.07) is 4.11. The first-order valence-electron chi connectivity index (χ1n) is 6.73. The Hall–Kier alpha value is -0.930. The maximum Gasteiger partial charge on any atom is 0.129 e. The highest BCUT2D eigenvalue weighted by atomic mass is 19.1. The molecule has 1 saturated heterocycles. The van der Waals surface area contributed by atoms with Crippen LogP contribution in [0.25, 0.3) is 0 Å². The Bertz CT molecular complexity index is 460. The zero-order valence-electron chi connectivity index (χ0n) is 11.0. The van der Waals surface area contributed by atoms with Gasteiger partial charge in [-0.25, -0.2) is 4.39 Å². The summed E-state index contributed by atoms with van der Waals surface area (Å²) in [5.74, 6) is -0.257. The van der Waals surface area contributed by atoms with Gasteiger partial charge in [0.05, 0.1) is 0 Å². The molecule has 18 heavy (non-hydrogen) atoms. The van der Waals surface area contributed by atoms with Crippen LogP contribution in [0.15, 0.2) is 12.1 Å². The van der Waals surface area contributed by atoms with Gasteiger partial charge in [-0.3, -0.25) is 4.90 Å². The Morgan fingerprint density at radius 3 is 2.67 bits per heavy atom. The molecule has 1 aliphatic carbocycles. The summed E-state index contributed by atoms with van der Waals surface area (Å²) in [5.41, 5.74) is 1.29. The van der Waals surface area contributed by atoms with Crippen molar-refractivity contribution in [1.29, 1.82) is 0 Å². The van der Waals surface area contributed by atoms with E-state index >= 15 is 0 Å². The van der Waals surface area contributed by atoms with Gasteiger partial charge in [-0.15, -0.1) is 0 Å². The summed E-state index contributed by atoms with van der Waals surface area (Å²) < 4.78 is 14.2. The summed E-state index contributed by atoms with van der Waals surface area (Å²) in [5, 5.41) is 10.8. The van der Waals surface area contributed by atoms with E-state index in [1.807, 2.05) is 19.9 Å². The van der Waals surface area contributed by atoms with Crippen LogP contribution in [-0.2, 0) is 5.60 Å². The predicted octanol–water partition coefficient (Wildman–Crippen LogP) is 2.50. The van der Waals surface area contributed by atoms with Crippen molar-refractivity contribution in [2.24, 2.45) is 0 Å². The van der Waals surface area contributed by atoms with Gasteiger partial charge in [0.2, 0.25) is 0 Å². The van der Waals surface area contributed by atoms with Crippen LogP contribution in [0.3, 0.4) is 0 Å². The first-order chi connectivity index (χ1) is 8.49. The Morgan fingerprint density at radius 1 is 1.33 bits per heavy atom. The first kappa shape index (κ1) is 12.1. The predicted molar refractivity (Wildman–Crippen MR) is 69.0 cm³/mol. The van der Waals surface area contributed by atoms with Gasteiger partial charge in [0.1, 0.15) is 11.4 Å². The molecular weight excluding hydrogens is 229 g/mol. The van der Waals surface area contributed by atoms with Crippen molar-refractivity contribution in [2.75, 3.05) is 13.1 Å². The minimum atomic E-state index is -0.996. The SMILES string of the molecule is Cc1cc(C)c(C2(O)CCN(C3CC3)C2)c(F)c1. The average molecular weight is 249 g/mol. The maximum atomic E-state index is 14.2. The minimum absolute atomic E-state index is 0.257. The summed E-state index contributed by atoms with van der Waals surface area (Å²) in [6.45, 7) is 5.24. The summed E-state index contributed by atoms with van der Waals surface area (Å²) in [6.07, 6.45) is 3.10. The summed E-state index contributed by atoms with van der Waals surface area (Å²) in [7, 11) is 0. The second-order valence-corrected chi connectivity index (χ2v) is 5.92. The van der Waals surface area contributed by atoms with Crippen LogP contribution in [-0.4, -0.2) is 29.1 Å². The second kappa shape index (κ2) is 4.04. The van der Waals surface area contributed by atoms with Crippen LogP contribution in [0.4, 0.5) is 4.39 Å². The van der Waals surface area contributed by atoms with E-state index < -0.39 is 5.60 Å². The molecule has 98 valence electrons. The van der Waals surface area contributed by atoms with E-state index in [2.05, 4.69) is 4.90 Å². The molecule has 0 bridgehead atoms. The fourth-order valence-electron chi connectivity index (χ4n) is 3.28. The number of aryl methyl sites for hydroxylation is 2. The molecule has 3 rings (SSSR count). The lowest BCUT2D eigenvalue weighted by atomic mass is 9.88. The van der Waals surface area contributed by atoms with Crippen LogP contribution in [0.5, 0.6) is 0 Å². The second-order valence-electron chi connectivity index (χ2n) is 5.92. The lowest BCUT2D eigenvalue weighted by Crippen LogP contribution is -2.33. The van der Waals surface area contributed by atoms with Crippen molar-refractivity contribution in [2.45, 2.75) is 44.8 Å². The Balaban J connectivity index is 1.94. The van der Waals surface area contributed by atoms with Gasteiger partial charge in [0.25, 0.3) is 0 Å². The number of hydrogen-bond donors (Lipinski definition) is 1. The largest absolute Gasteiger partial charge is 0.384 e. The molecule has 0 spiro atoms. The molecule has 1 heterocycles. The van der Waals surface area contributed by atoms with E-state index in [0.29, 0.717) is 24.6 Å². The van der Waals surface area contributed by atoms with E-state index in [1.54, 1.807) is 0 Å². The number of aliphatic hydroxyl groups is 1.